The van der Waals surface area contributed by atoms with Crippen LogP contribution in [0, 0.1) is 17.8 Å². The topological polar surface area (TPSA) is 110 Å². The fourth-order valence-corrected chi connectivity index (χ4v) is 7.85. The summed E-state index contributed by atoms with van der Waals surface area (Å²) >= 11 is 0. The van der Waals surface area contributed by atoms with E-state index in [4.69, 9.17) is 28.4 Å². The van der Waals surface area contributed by atoms with Crippen LogP contribution in [0.3, 0.4) is 0 Å². The molecular formula is C25H33NO9. The average Bonchev–Trinajstić information content (AvgIpc) is 3.67. The van der Waals surface area contributed by atoms with Gasteiger partial charge in [-0.1, -0.05) is 0 Å². The number of nitrogens with zero attached hydrogens (tertiary/aromatic N) is 1. The lowest BCUT2D eigenvalue weighted by Crippen LogP contribution is -2.52. The van der Waals surface area contributed by atoms with E-state index in [2.05, 4.69) is 0 Å². The molecule has 192 valence electrons. The van der Waals surface area contributed by atoms with Crippen molar-refractivity contribution < 1.29 is 42.8 Å². The molecule has 1 aliphatic carbocycles. The zero-order chi connectivity index (χ0) is 23.7. The Kier molecular flexibility index (Phi) is 5.38. The Balaban J connectivity index is 1.08. The first-order chi connectivity index (χ1) is 17.0. The third-order valence-corrected chi connectivity index (χ3v) is 9.44. The first-order valence-electron chi connectivity index (χ1n) is 13.3. The second-order valence-electron chi connectivity index (χ2n) is 11.3. The van der Waals surface area contributed by atoms with Gasteiger partial charge >= 0.3 is 17.9 Å². The number of carbonyl (C=O) groups excluding carboxylic acids is 3. The minimum Gasteiger partial charge on any atom is -0.458 e. The molecule has 6 aliphatic heterocycles. The predicted molar refractivity (Wildman–Crippen MR) is 116 cm³/mol. The highest BCUT2D eigenvalue weighted by Crippen LogP contribution is 2.55. The summed E-state index contributed by atoms with van der Waals surface area (Å²) in [6.07, 6.45) is 4.39. The van der Waals surface area contributed by atoms with Crippen molar-refractivity contribution in [1.29, 1.82) is 0 Å². The van der Waals surface area contributed by atoms with E-state index in [1.54, 1.807) is 0 Å². The van der Waals surface area contributed by atoms with E-state index in [0.29, 0.717) is 26.3 Å². The summed E-state index contributed by atoms with van der Waals surface area (Å²) in [5.74, 6) is -2.59. The third-order valence-electron chi connectivity index (χ3n) is 9.44. The van der Waals surface area contributed by atoms with Crippen LogP contribution in [0.15, 0.2) is 0 Å². The smallest absolute Gasteiger partial charge is 0.320 e. The van der Waals surface area contributed by atoms with Crippen molar-refractivity contribution in [2.75, 3.05) is 32.8 Å². The second kappa shape index (κ2) is 8.39. The Bertz CT molecular complexity index is 897. The van der Waals surface area contributed by atoms with Crippen molar-refractivity contribution in [3.63, 3.8) is 0 Å². The maximum Gasteiger partial charge on any atom is 0.320 e. The molecule has 0 aromatic heterocycles. The molecular weight excluding hydrogens is 458 g/mol. The maximum absolute atomic E-state index is 13.7. The third kappa shape index (κ3) is 3.54. The Labute approximate surface area is 203 Å². The van der Waals surface area contributed by atoms with Gasteiger partial charge in [-0.3, -0.25) is 19.3 Å². The van der Waals surface area contributed by atoms with Crippen LogP contribution >= 0.6 is 0 Å². The summed E-state index contributed by atoms with van der Waals surface area (Å²) in [6.45, 7) is 2.61. The molecule has 0 N–H and O–H groups in total. The molecule has 0 aromatic rings. The van der Waals surface area contributed by atoms with E-state index in [9.17, 15) is 14.4 Å². The van der Waals surface area contributed by atoms with Crippen molar-refractivity contribution in [2.24, 2.45) is 17.8 Å². The zero-order valence-corrected chi connectivity index (χ0v) is 19.8. The fraction of sp³-hybridized carbons (Fsp3) is 0.880. The molecule has 4 bridgehead atoms. The fourth-order valence-electron chi connectivity index (χ4n) is 7.85. The molecule has 0 radical (unpaired) electrons. The van der Waals surface area contributed by atoms with E-state index in [1.807, 2.05) is 4.90 Å². The largest absolute Gasteiger partial charge is 0.458 e. The van der Waals surface area contributed by atoms with E-state index < -0.39 is 59.8 Å². The SMILES string of the molecule is O=C(CN1CCOCC1)OC1C2OC(=O)C3C2OC1C3C(=O)OC1(C2CC3CCC2O3)CCCC1. The molecule has 0 amide bonds. The highest BCUT2D eigenvalue weighted by atomic mass is 16.7. The molecule has 10 nitrogen and oxygen atoms in total. The van der Waals surface area contributed by atoms with Crippen LogP contribution in [-0.4, -0.2) is 97.9 Å². The average molecular weight is 492 g/mol. The van der Waals surface area contributed by atoms with E-state index >= 15 is 0 Å². The monoisotopic (exact) mass is 491 g/mol. The van der Waals surface area contributed by atoms with Gasteiger partial charge in [0.05, 0.1) is 32.0 Å². The minimum atomic E-state index is -0.815. The van der Waals surface area contributed by atoms with Crippen molar-refractivity contribution in [2.45, 2.75) is 87.2 Å². The van der Waals surface area contributed by atoms with Gasteiger partial charge in [-0.2, -0.15) is 0 Å². The van der Waals surface area contributed by atoms with E-state index in [0.717, 1.165) is 44.9 Å². The van der Waals surface area contributed by atoms with Gasteiger partial charge in [-0.05, 0) is 44.9 Å². The molecule has 1 saturated carbocycles. The molecule has 10 heteroatoms. The first kappa shape index (κ1) is 22.4. The van der Waals surface area contributed by atoms with Crippen LogP contribution in [0.2, 0.25) is 0 Å². The zero-order valence-electron chi connectivity index (χ0n) is 19.8. The van der Waals surface area contributed by atoms with Crippen LogP contribution in [0.5, 0.6) is 0 Å². The molecule has 6 saturated heterocycles. The Morgan fingerprint density at radius 1 is 1.03 bits per heavy atom. The van der Waals surface area contributed by atoms with Gasteiger partial charge in [0.15, 0.2) is 12.2 Å². The number of morpholine rings is 1. The first-order valence-corrected chi connectivity index (χ1v) is 13.3. The predicted octanol–water partition coefficient (Wildman–Crippen LogP) is 0.593. The van der Waals surface area contributed by atoms with Crippen LogP contribution in [0.1, 0.15) is 44.9 Å². The molecule has 0 aromatic carbocycles. The van der Waals surface area contributed by atoms with Crippen LogP contribution in [-0.2, 0) is 42.8 Å². The van der Waals surface area contributed by atoms with Gasteiger partial charge in [0.2, 0.25) is 0 Å². The highest BCUT2D eigenvalue weighted by molar-refractivity contribution is 5.87. The van der Waals surface area contributed by atoms with Gasteiger partial charge in [-0.25, -0.2) is 0 Å². The standard InChI is InChI=1S/C25H33NO9/c27-16(12-26-7-9-30-10-8-26)32-21-20-18(17-19(33-20)22(21)34-23(17)28)24(29)35-25(5-1-2-6-25)14-11-13-3-4-15(14)31-13/h13-15,17-22H,1-12H2. The number of hydrogen-bond donors (Lipinski definition) is 0. The molecule has 7 rings (SSSR count). The lowest BCUT2D eigenvalue weighted by atomic mass is 9.75. The van der Waals surface area contributed by atoms with Crippen LogP contribution in [0.4, 0.5) is 0 Å². The lowest BCUT2D eigenvalue weighted by Gasteiger charge is -2.39. The number of esters is 3. The van der Waals surface area contributed by atoms with E-state index in [-0.39, 0.29) is 24.7 Å². The van der Waals surface area contributed by atoms with Gasteiger partial charge in [0.25, 0.3) is 0 Å². The summed E-state index contributed by atoms with van der Waals surface area (Å²) < 4.78 is 35.2. The van der Waals surface area contributed by atoms with Crippen LogP contribution in [0.25, 0.3) is 0 Å². The maximum atomic E-state index is 13.7. The molecule has 7 aliphatic rings. The quantitative estimate of drug-likeness (QED) is 0.387. The molecule has 35 heavy (non-hydrogen) atoms. The molecule has 7 fully saturated rings. The van der Waals surface area contributed by atoms with Gasteiger partial charge < -0.3 is 28.4 Å². The Hall–Kier alpha value is -1.75. The molecule has 9 atom stereocenters. The second-order valence-corrected chi connectivity index (χ2v) is 11.3. The summed E-state index contributed by atoms with van der Waals surface area (Å²) in [5.41, 5.74) is -0.539. The lowest BCUT2D eigenvalue weighted by molar-refractivity contribution is -0.180. The van der Waals surface area contributed by atoms with Gasteiger partial charge in [0, 0.05) is 19.0 Å². The molecule has 6 heterocycles. The van der Waals surface area contributed by atoms with Crippen LogP contribution < -0.4 is 0 Å². The molecule has 9 unspecified atom stereocenters. The van der Waals surface area contributed by atoms with Crippen molar-refractivity contribution in [3.8, 4) is 0 Å². The normalized spacial score (nSPS) is 45.1. The highest BCUT2D eigenvalue weighted by Gasteiger charge is 2.72. The number of fused-ring (bicyclic) bond motifs is 3. The van der Waals surface area contributed by atoms with Crippen molar-refractivity contribution >= 4 is 17.9 Å². The summed E-state index contributed by atoms with van der Waals surface area (Å²) in [7, 11) is 0. The van der Waals surface area contributed by atoms with Gasteiger partial charge in [-0.15, -0.1) is 0 Å². The van der Waals surface area contributed by atoms with Crippen molar-refractivity contribution in [1.82, 2.24) is 4.90 Å². The van der Waals surface area contributed by atoms with Gasteiger partial charge in [0.1, 0.15) is 29.6 Å². The molecule has 0 spiro atoms. The summed E-state index contributed by atoms with van der Waals surface area (Å²) in [5, 5.41) is 0. The number of ether oxygens (including phenoxy) is 6. The summed E-state index contributed by atoms with van der Waals surface area (Å²) in [4.78, 5) is 41.2. The number of rotatable bonds is 6. The Morgan fingerprint density at radius 2 is 1.83 bits per heavy atom. The van der Waals surface area contributed by atoms with E-state index in [1.165, 1.54) is 0 Å². The minimum absolute atomic E-state index is 0.129. The number of hydrogen-bond acceptors (Lipinski definition) is 10. The summed E-state index contributed by atoms with van der Waals surface area (Å²) in [6, 6.07) is 0. The van der Waals surface area contributed by atoms with Crippen molar-refractivity contribution in [3.05, 3.63) is 0 Å². The number of carbonyl (C=O) groups is 3. The Morgan fingerprint density at radius 3 is 2.54 bits per heavy atom.